The van der Waals surface area contributed by atoms with Crippen LogP contribution >= 0.6 is 22.7 Å². The highest BCUT2D eigenvalue weighted by atomic mass is 32.1. The van der Waals surface area contributed by atoms with Gasteiger partial charge in [0.15, 0.2) is 0 Å². The molecule has 1 nitrogen and oxygen atoms in total. The van der Waals surface area contributed by atoms with Crippen LogP contribution in [0.25, 0.3) is 84.1 Å². The number of thiophene rings is 2. The molecule has 9 aromatic carbocycles. The number of rotatable bonds is 5. The van der Waals surface area contributed by atoms with Gasteiger partial charge in [-0.2, -0.15) is 0 Å². The topological polar surface area (TPSA) is 3.24 Å². The quantitative estimate of drug-likeness (QED) is 0.161. The summed E-state index contributed by atoms with van der Waals surface area (Å²) in [4.78, 5) is 2.38. The number of fused-ring (bicyclic) bond motifs is 9. The Morgan fingerprint density at radius 1 is 0.264 bits per heavy atom. The molecule has 3 heteroatoms. The van der Waals surface area contributed by atoms with Crippen molar-refractivity contribution in [2.24, 2.45) is 0 Å². The average Bonchev–Trinajstić information content (AvgIpc) is 3.79. The van der Waals surface area contributed by atoms with E-state index < -0.39 is 0 Å². The SMILES string of the molecule is c1ccc2c(c1)ccc1cc(N(c3ccc(-c4ccc5sc6ccccc6c5c4)cc3)c3ccc(-c4ccc5sc6ccccc6c5c4)cc3)ccc12. The van der Waals surface area contributed by atoms with Crippen molar-refractivity contribution in [3.8, 4) is 22.3 Å². The van der Waals surface area contributed by atoms with E-state index in [0.29, 0.717) is 0 Å². The molecular weight excluding hydrogens is 679 g/mol. The molecule has 0 bridgehead atoms. The molecule has 0 unspecified atom stereocenters. The molecule has 0 atom stereocenters. The summed E-state index contributed by atoms with van der Waals surface area (Å²) >= 11 is 3.73. The van der Waals surface area contributed by atoms with Crippen molar-refractivity contribution in [3.63, 3.8) is 0 Å². The van der Waals surface area contributed by atoms with Gasteiger partial charge in [-0.05, 0) is 117 Å². The highest BCUT2D eigenvalue weighted by Crippen LogP contribution is 2.41. The Morgan fingerprint density at radius 3 is 1.28 bits per heavy atom. The highest BCUT2D eigenvalue weighted by molar-refractivity contribution is 7.26. The fourth-order valence-electron chi connectivity index (χ4n) is 8.00. The van der Waals surface area contributed by atoms with E-state index in [4.69, 9.17) is 0 Å². The fraction of sp³-hybridized carbons (Fsp3) is 0. The second-order valence-electron chi connectivity index (χ2n) is 13.7. The maximum atomic E-state index is 2.38. The monoisotopic (exact) mass is 709 g/mol. The fourth-order valence-corrected chi connectivity index (χ4v) is 10.2. The van der Waals surface area contributed by atoms with Crippen molar-refractivity contribution < 1.29 is 0 Å². The van der Waals surface area contributed by atoms with Gasteiger partial charge in [0, 0.05) is 57.4 Å². The Labute approximate surface area is 315 Å². The standard InChI is InChI=1S/C50H31NS2/c1-2-8-41-34(7-1)13-14-37-29-40(25-26-42(37)41)51(38-21-15-32(16-22-38)35-19-27-49-45(30-35)43-9-3-5-11-47(43)52-49)39-23-17-33(18-24-39)36-20-28-50-46(31-36)44-10-4-6-12-48(44)53-50/h1-31H. The summed E-state index contributed by atoms with van der Waals surface area (Å²) < 4.78 is 5.32. The van der Waals surface area contributed by atoms with Crippen molar-refractivity contribution >= 4 is 102 Å². The molecule has 2 aromatic heterocycles. The minimum Gasteiger partial charge on any atom is -0.310 e. The third kappa shape index (κ3) is 5.12. The van der Waals surface area contributed by atoms with Crippen LogP contribution in [-0.4, -0.2) is 0 Å². The second kappa shape index (κ2) is 12.2. The highest BCUT2D eigenvalue weighted by Gasteiger charge is 2.16. The summed E-state index contributed by atoms with van der Waals surface area (Å²) in [6.07, 6.45) is 0. The van der Waals surface area contributed by atoms with Crippen LogP contribution < -0.4 is 4.90 Å². The Hall–Kier alpha value is -6.26. The lowest BCUT2D eigenvalue weighted by Gasteiger charge is -2.26. The number of hydrogen-bond donors (Lipinski definition) is 0. The normalized spacial score (nSPS) is 11.8. The first-order valence-corrected chi connectivity index (χ1v) is 19.6. The van der Waals surface area contributed by atoms with E-state index in [1.165, 1.54) is 84.1 Å². The van der Waals surface area contributed by atoms with E-state index in [1.807, 2.05) is 22.7 Å². The smallest absolute Gasteiger partial charge is 0.0468 e. The molecule has 11 aromatic rings. The molecule has 2 heterocycles. The lowest BCUT2D eigenvalue weighted by Crippen LogP contribution is -2.09. The van der Waals surface area contributed by atoms with Crippen LogP contribution in [0.1, 0.15) is 0 Å². The van der Waals surface area contributed by atoms with E-state index in [2.05, 4.69) is 193 Å². The molecule has 0 radical (unpaired) electrons. The first kappa shape index (κ1) is 30.4. The van der Waals surface area contributed by atoms with Crippen LogP contribution in [0, 0.1) is 0 Å². The van der Waals surface area contributed by atoms with Gasteiger partial charge in [0.2, 0.25) is 0 Å². The van der Waals surface area contributed by atoms with E-state index >= 15 is 0 Å². The minimum absolute atomic E-state index is 1.12. The van der Waals surface area contributed by atoms with Crippen LogP contribution in [0.4, 0.5) is 17.1 Å². The summed E-state index contributed by atoms with van der Waals surface area (Å²) in [6.45, 7) is 0. The van der Waals surface area contributed by atoms with Gasteiger partial charge in [-0.3, -0.25) is 0 Å². The van der Waals surface area contributed by atoms with Crippen LogP contribution in [-0.2, 0) is 0 Å². The number of benzene rings is 9. The lowest BCUT2D eigenvalue weighted by molar-refractivity contribution is 1.29. The summed E-state index contributed by atoms with van der Waals surface area (Å²) in [5, 5.41) is 10.3. The zero-order chi connectivity index (χ0) is 34.9. The van der Waals surface area contributed by atoms with Crippen molar-refractivity contribution in [2.75, 3.05) is 4.90 Å². The molecular formula is C50H31NS2. The Morgan fingerprint density at radius 2 is 0.698 bits per heavy atom. The van der Waals surface area contributed by atoms with Gasteiger partial charge in [0.25, 0.3) is 0 Å². The largest absolute Gasteiger partial charge is 0.310 e. The minimum atomic E-state index is 1.12. The van der Waals surface area contributed by atoms with Crippen molar-refractivity contribution in [1.82, 2.24) is 0 Å². The van der Waals surface area contributed by atoms with Crippen LogP contribution in [0.15, 0.2) is 188 Å². The van der Waals surface area contributed by atoms with E-state index in [1.54, 1.807) is 0 Å². The van der Waals surface area contributed by atoms with Crippen LogP contribution in [0.2, 0.25) is 0 Å². The number of anilines is 3. The van der Waals surface area contributed by atoms with E-state index in [-0.39, 0.29) is 0 Å². The maximum Gasteiger partial charge on any atom is 0.0468 e. The number of hydrogen-bond acceptors (Lipinski definition) is 3. The van der Waals surface area contributed by atoms with Gasteiger partial charge in [-0.25, -0.2) is 0 Å². The van der Waals surface area contributed by atoms with Crippen molar-refractivity contribution in [1.29, 1.82) is 0 Å². The molecule has 0 aliphatic rings. The van der Waals surface area contributed by atoms with Gasteiger partial charge >= 0.3 is 0 Å². The van der Waals surface area contributed by atoms with Gasteiger partial charge in [0.05, 0.1) is 0 Å². The molecule has 0 amide bonds. The molecule has 0 spiro atoms. The zero-order valence-electron chi connectivity index (χ0n) is 28.7. The van der Waals surface area contributed by atoms with Gasteiger partial charge in [-0.15, -0.1) is 22.7 Å². The third-order valence-electron chi connectivity index (χ3n) is 10.7. The Kier molecular flexibility index (Phi) is 6.97. The zero-order valence-corrected chi connectivity index (χ0v) is 30.3. The predicted molar refractivity (Wildman–Crippen MR) is 233 cm³/mol. The maximum absolute atomic E-state index is 2.38. The Bertz CT molecular complexity index is 3010. The van der Waals surface area contributed by atoms with E-state index in [0.717, 1.165) is 17.1 Å². The van der Waals surface area contributed by atoms with Crippen LogP contribution in [0.5, 0.6) is 0 Å². The first-order valence-electron chi connectivity index (χ1n) is 18.0. The summed E-state index contributed by atoms with van der Waals surface area (Å²) in [5.74, 6) is 0. The Balaban J connectivity index is 1.01. The summed E-state index contributed by atoms with van der Waals surface area (Å²) in [6, 6.07) is 69.3. The molecule has 0 aliphatic carbocycles. The molecule has 0 N–H and O–H groups in total. The molecule has 0 fully saturated rings. The second-order valence-corrected chi connectivity index (χ2v) is 15.9. The van der Waals surface area contributed by atoms with Gasteiger partial charge in [-0.1, -0.05) is 115 Å². The molecule has 11 rings (SSSR count). The predicted octanol–water partition coefficient (Wildman–Crippen LogP) is 15.5. The van der Waals surface area contributed by atoms with Gasteiger partial charge < -0.3 is 4.90 Å². The summed E-state index contributed by atoms with van der Waals surface area (Å²) in [5.41, 5.74) is 8.26. The third-order valence-corrected chi connectivity index (χ3v) is 13.0. The average molecular weight is 710 g/mol. The first-order chi connectivity index (χ1) is 26.2. The summed E-state index contributed by atoms with van der Waals surface area (Å²) in [7, 11) is 0. The molecule has 0 aliphatic heterocycles. The molecule has 53 heavy (non-hydrogen) atoms. The van der Waals surface area contributed by atoms with Gasteiger partial charge in [0.1, 0.15) is 0 Å². The van der Waals surface area contributed by atoms with E-state index in [9.17, 15) is 0 Å². The van der Waals surface area contributed by atoms with Crippen LogP contribution in [0.3, 0.4) is 0 Å². The molecule has 0 saturated heterocycles. The van der Waals surface area contributed by atoms with Crippen molar-refractivity contribution in [3.05, 3.63) is 188 Å². The lowest BCUT2D eigenvalue weighted by atomic mass is 10.00. The van der Waals surface area contributed by atoms with Crippen molar-refractivity contribution in [2.45, 2.75) is 0 Å². The molecule has 248 valence electrons. The molecule has 0 saturated carbocycles. The number of nitrogens with zero attached hydrogens (tertiary/aromatic N) is 1.